The van der Waals surface area contributed by atoms with Gasteiger partial charge >= 0.3 is 0 Å². The molecule has 0 saturated heterocycles. The fourth-order valence-corrected chi connectivity index (χ4v) is 2.53. The molecule has 0 aromatic carbocycles. The summed E-state index contributed by atoms with van der Waals surface area (Å²) in [5, 5.41) is 12.1. The highest BCUT2D eigenvalue weighted by Crippen LogP contribution is 2.17. The Balaban J connectivity index is 1.78. The summed E-state index contributed by atoms with van der Waals surface area (Å²) in [6.45, 7) is 1.48. The highest BCUT2D eigenvalue weighted by molar-refractivity contribution is 7.99. The molecule has 0 heterocycles. The molecule has 13 heavy (non-hydrogen) atoms. The average molecular weight is 203 g/mol. The summed E-state index contributed by atoms with van der Waals surface area (Å²) < 4.78 is 0. The largest absolute Gasteiger partial charge is 0.396 e. The van der Waals surface area contributed by atoms with E-state index in [1.165, 1.54) is 31.4 Å². The van der Waals surface area contributed by atoms with Crippen molar-refractivity contribution in [2.24, 2.45) is 0 Å². The van der Waals surface area contributed by atoms with E-state index >= 15 is 0 Å². The van der Waals surface area contributed by atoms with Crippen molar-refractivity contribution in [3.05, 3.63) is 0 Å². The zero-order chi connectivity index (χ0) is 9.36. The molecule has 1 saturated carbocycles. The Morgan fingerprint density at radius 3 is 2.69 bits per heavy atom. The minimum atomic E-state index is 0.336. The summed E-state index contributed by atoms with van der Waals surface area (Å²) in [5.74, 6) is 2.29. The Morgan fingerprint density at radius 1 is 1.23 bits per heavy atom. The summed E-state index contributed by atoms with van der Waals surface area (Å²) in [6.07, 6.45) is 6.52. The first-order valence-corrected chi connectivity index (χ1v) is 6.51. The molecular formula is C10H21NOS. The van der Waals surface area contributed by atoms with Gasteiger partial charge in [-0.3, -0.25) is 0 Å². The van der Waals surface area contributed by atoms with E-state index in [0.29, 0.717) is 6.61 Å². The van der Waals surface area contributed by atoms with Gasteiger partial charge in [-0.05, 0) is 25.0 Å². The molecule has 1 fully saturated rings. The zero-order valence-electron chi connectivity index (χ0n) is 8.30. The number of hydrogen-bond donors (Lipinski definition) is 2. The molecule has 0 radical (unpaired) electrons. The van der Waals surface area contributed by atoms with Gasteiger partial charge in [-0.1, -0.05) is 12.8 Å². The molecule has 0 aromatic rings. The van der Waals surface area contributed by atoms with Crippen molar-refractivity contribution in [3.8, 4) is 0 Å². The normalized spacial score (nSPS) is 18.2. The maximum absolute atomic E-state index is 8.57. The second-order valence-corrected chi connectivity index (χ2v) is 4.85. The third kappa shape index (κ3) is 5.55. The van der Waals surface area contributed by atoms with Gasteiger partial charge in [0.1, 0.15) is 0 Å². The first kappa shape index (κ1) is 11.3. The van der Waals surface area contributed by atoms with Gasteiger partial charge in [0, 0.05) is 24.9 Å². The number of nitrogens with one attached hydrogen (secondary N) is 1. The predicted molar refractivity (Wildman–Crippen MR) is 59.3 cm³/mol. The van der Waals surface area contributed by atoms with Gasteiger partial charge in [0.2, 0.25) is 0 Å². The van der Waals surface area contributed by atoms with Crippen molar-refractivity contribution in [2.75, 3.05) is 24.7 Å². The standard InChI is InChI=1S/C10H21NOS/c12-7-3-8-13-9-6-11-10-4-1-2-5-10/h10-12H,1-9H2. The molecule has 1 aliphatic carbocycles. The van der Waals surface area contributed by atoms with Crippen LogP contribution in [0.1, 0.15) is 32.1 Å². The Labute approximate surface area is 85.5 Å². The molecule has 3 heteroatoms. The first-order chi connectivity index (χ1) is 6.43. The third-order valence-electron chi connectivity index (χ3n) is 2.48. The van der Waals surface area contributed by atoms with Crippen molar-refractivity contribution >= 4 is 11.8 Å². The highest BCUT2D eigenvalue weighted by Gasteiger charge is 2.12. The van der Waals surface area contributed by atoms with Crippen LogP contribution in [0.2, 0.25) is 0 Å². The lowest BCUT2D eigenvalue weighted by atomic mass is 10.2. The Hall–Kier alpha value is 0.270. The lowest BCUT2D eigenvalue weighted by Crippen LogP contribution is -2.28. The Morgan fingerprint density at radius 2 is 2.00 bits per heavy atom. The summed E-state index contributed by atoms with van der Waals surface area (Å²) in [6, 6.07) is 0.804. The van der Waals surface area contributed by atoms with E-state index in [0.717, 1.165) is 24.8 Å². The fourth-order valence-electron chi connectivity index (χ4n) is 1.73. The van der Waals surface area contributed by atoms with Crippen molar-refractivity contribution < 1.29 is 5.11 Å². The average Bonchev–Trinajstić information content (AvgIpc) is 2.63. The van der Waals surface area contributed by atoms with Crippen LogP contribution in [-0.4, -0.2) is 35.8 Å². The van der Waals surface area contributed by atoms with Crippen molar-refractivity contribution in [1.29, 1.82) is 0 Å². The van der Waals surface area contributed by atoms with E-state index in [1.54, 1.807) is 0 Å². The molecule has 0 aliphatic heterocycles. The number of aliphatic hydroxyl groups is 1. The second kappa shape index (κ2) is 7.65. The Kier molecular flexibility index (Phi) is 6.68. The summed E-state index contributed by atoms with van der Waals surface area (Å²) in [4.78, 5) is 0. The molecule has 0 spiro atoms. The number of aliphatic hydroxyl groups excluding tert-OH is 1. The predicted octanol–water partition coefficient (Wildman–Crippen LogP) is 1.63. The van der Waals surface area contributed by atoms with Gasteiger partial charge in [0.15, 0.2) is 0 Å². The summed E-state index contributed by atoms with van der Waals surface area (Å²) >= 11 is 1.94. The number of thioether (sulfide) groups is 1. The van der Waals surface area contributed by atoms with Gasteiger partial charge in [0.05, 0.1) is 0 Å². The quantitative estimate of drug-likeness (QED) is 0.617. The smallest absolute Gasteiger partial charge is 0.0438 e. The van der Waals surface area contributed by atoms with Crippen LogP contribution in [0.4, 0.5) is 0 Å². The van der Waals surface area contributed by atoms with Crippen molar-refractivity contribution in [3.63, 3.8) is 0 Å². The van der Waals surface area contributed by atoms with Crippen LogP contribution in [0, 0.1) is 0 Å². The van der Waals surface area contributed by atoms with Crippen LogP contribution in [-0.2, 0) is 0 Å². The molecule has 0 aromatic heterocycles. The van der Waals surface area contributed by atoms with Crippen LogP contribution in [0.3, 0.4) is 0 Å². The van der Waals surface area contributed by atoms with Crippen LogP contribution in [0.25, 0.3) is 0 Å². The van der Waals surface area contributed by atoms with Crippen molar-refractivity contribution in [1.82, 2.24) is 5.32 Å². The van der Waals surface area contributed by atoms with Crippen molar-refractivity contribution in [2.45, 2.75) is 38.1 Å². The lowest BCUT2D eigenvalue weighted by Gasteiger charge is -2.10. The third-order valence-corrected chi connectivity index (χ3v) is 3.55. The van der Waals surface area contributed by atoms with Gasteiger partial charge in [0.25, 0.3) is 0 Å². The minimum Gasteiger partial charge on any atom is -0.396 e. The van der Waals surface area contributed by atoms with Crippen LogP contribution < -0.4 is 5.32 Å². The van der Waals surface area contributed by atoms with Gasteiger partial charge in [-0.2, -0.15) is 11.8 Å². The molecule has 0 atom stereocenters. The van der Waals surface area contributed by atoms with E-state index in [9.17, 15) is 0 Å². The second-order valence-electron chi connectivity index (χ2n) is 3.63. The highest BCUT2D eigenvalue weighted by atomic mass is 32.2. The Bertz CT molecular complexity index is 115. The fraction of sp³-hybridized carbons (Fsp3) is 1.00. The maximum atomic E-state index is 8.57. The molecule has 0 bridgehead atoms. The molecule has 78 valence electrons. The monoisotopic (exact) mass is 203 g/mol. The maximum Gasteiger partial charge on any atom is 0.0438 e. The van der Waals surface area contributed by atoms with Gasteiger partial charge < -0.3 is 10.4 Å². The van der Waals surface area contributed by atoms with E-state index in [2.05, 4.69) is 5.32 Å². The lowest BCUT2D eigenvalue weighted by molar-refractivity contribution is 0.296. The van der Waals surface area contributed by atoms with Crippen LogP contribution >= 0.6 is 11.8 Å². The molecular weight excluding hydrogens is 182 g/mol. The van der Waals surface area contributed by atoms with Gasteiger partial charge in [-0.15, -0.1) is 0 Å². The minimum absolute atomic E-state index is 0.336. The number of hydrogen-bond acceptors (Lipinski definition) is 3. The van der Waals surface area contributed by atoms with Crippen LogP contribution in [0.5, 0.6) is 0 Å². The van der Waals surface area contributed by atoms with E-state index < -0.39 is 0 Å². The van der Waals surface area contributed by atoms with Crippen LogP contribution in [0.15, 0.2) is 0 Å². The molecule has 0 amide bonds. The molecule has 0 unspecified atom stereocenters. The molecule has 1 rings (SSSR count). The number of rotatable bonds is 7. The van der Waals surface area contributed by atoms with E-state index in [1.807, 2.05) is 11.8 Å². The molecule has 2 nitrogen and oxygen atoms in total. The SMILES string of the molecule is OCCCSCCNC1CCCC1. The topological polar surface area (TPSA) is 32.3 Å². The van der Waals surface area contributed by atoms with Gasteiger partial charge in [-0.25, -0.2) is 0 Å². The summed E-state index contributed by atoms with van der Waals surface area (Å²) in [5.41, 5.74) is 0. The first-order valence-electron chi connectivity index (χ1n) is 5.35. The molecule has 2 N–H and O–H groups in total. The van der Waals surface area contributed by atoms with E-state index in [-0.39, 0.29) is 0 Å². The molecule has 1 aliphatic rings. The summed E-state index contributed by atoms with van der Waals surface area (Å²) in [7, 11) is 0. The zero-order valence-corrected chi connectivity index (χ0v) is 9.11. The van der Waals surface area contributed by atoms with E-state index in [4.69, 9.17) is 5.11 Å².